The number of hydrogen-bond acceptors (Lipinski definition) is 2. The van der Waals surface area contributed by atoms with Gasteiger partial charge in [0.1, 0.15) is 0 Å². The molecule has 0 heterocycles. The van der Waals surface area contributed by atoms with Crippen LogP contribution in [0.15, 0.2) is 0 Å². The third-order valence-electron chi connectivity index (χ3n) is 2.52. The molecule has 0 spiro atoms. The molecule has 0 bridgehead atoms. The van der Waals surface area contributed by atoms with Gasteiger partial charge in [-0.1, -0.05) is 19.8 Å². The van der Waals surface area contributed by atoms with Crippen LogP contribution in [0.5, 0.6) is 0 Å². The first-order valence-corrected chi connectivity index (χ1v) is 4.09. The second-order valence-electron chi connectivity index (χ2n) is 3.73. The van der Waals surface area contributed by atoms with Crippen LogP contribution < -0.4 is 5.48 Å². The molecule has 1 rings (SSSR count). The van der Waals surface area contributed by atoms with Crippen molar-refractivity contribution in [2.45, 2.75) is 39.0 Å². The molecule has 1 aliphatic rings. The Morgan fingerprint density at radius 2 is 2.09 bits per heavy atom. The van der Waals surface area contributed by atoms with Gasteiger partial charge < -0.3 is 0 Å². The number of carbonyl (C=O) groups excluding carboxylic acids is 1. The Morgan fingerprint density at radius 1 is 1.55 bits per heavy atom. The maximum Gasteiger partial charge on any atom is 0.243 e. The predicted molar refractivity (Wildman–Crippen MR) is 41.1 cm³/mol. The third-order valence-corrected chi connectivity index (χ3v) is 2.52. The third kappa shape index (κ3) is 2.19. The lowest BCUT2D eigenvalue weighted by molar-refractivity contribution is -0.131. The lowest BCUT2D eigenvalue weighted by Crippen LogP contribution is -2.26. The van der Waals surface area contributed by atoms with E-state index in [4.69, 9.17) is 5.21 Å². The van der Waals surface area contributed by atoms with Gasteiger partial charge in [-0.3, -0.25) is 10.0 Å². The van der Waals surface area contributed by atoms with Crippen molar-refractivity contribution in [3.05, 3.63) is 0 Å². The van der Waals surface area contributed by atoms with Gasteiger partial charge in [0.25, 0.3) is 0 Å². The van der Waals surface area contributed by atoms with Crippen molar-refractivity contribution in [3.63, 3.8) is 0 Å². The molecule has 0 aliphatic heterocycles. The van der Waals surface area contributed by atoms with Gasteiger partial charge in [-0.25, -0.2) is 5.48 Å². The minimum absolute atomic E-state index is 0.146. The highest BCUT2D eigenvalue weighted by Gasteiger charge is 2.30. The summed E-state index contributed by atoms with van der Waals surface area (Å²) in [6.45, 7) is 2.11. The van der Waals surface area contributed by atoms with Crippen molar-refractivity contribution in [1.29, 1.82) is 0 Å². The molecule has 0 saturated heterocycles. The molecule has 1 amide bonds. The van der Waals surface area contributed by atoms with Gasteiger partial charge in [-0.15, -0.1) is 0 Å². The summed E-state index contributed by atoms with van der Waals surface area (Å²) in [6.07, 6.45) is 5.12. The van der Waals surface area contributed by atoms with E-state index >= 15 is 0 Å². The highest BCUT2D eigenvalue weighted by molar-refractivity contribution is 5.75. The fourth-order valence-corrected chi connectivity index (χ4v) is 1.83. The topological polar surface area (TPSA) is 49.3 Å². The summed E-state index contributed by atoms with van der Waals surface area (Å²) in [7, 11) is 0. The highest BCUT2D eigenvalue weighted by Crippen LogP contribution is 2.40. The quantitative estimate of drug-likeness (QED) is 0.471. The van der Waals surface area contributed by atoms with Gasteiger partial charge in [0.05, 0.1) is 0 Å². The summed E-state index contributed by atoms with van der Waals surface area (Å²) in [5.41, 5.74) is 1.82. The lowest BCUT2D eigenvalue weighted by atomic mass is 9.85. The van der Waals surface area contributed by atoms with Crippen molar-refractivity contribution in [2.75, 3.05) is 0 Å². The number of rotatable bonds is 2. The van der Waals surface area contributed by atoms with Gasteiger partial charge in [-0.2, -0.15) is 0 Å². The summed E-state index contributed by atoms with van der Waals surface area (Å²) in [6, 6.07) is 0. The SMILES string of the molecule is CC1(CC(=O)NO)CCCC1. The molecule has 64 valence electrons. The Labute approximate surface area is 66.7 Å². The van der Waals surface area contributed by atoms with E-state index in [1.807, 2.05) is 0 Å². The minimum atomic E-state index is -0.255. The minimum Gasteiger partial charge on any atom is -0.289 e. The van der Waals surface area contributed by atoms with Crippen molar-refractivity contribution in [1.82, 2.24) is 5.48 Å². The molecule has 0 aromatic heterocycles. The van der Waals surface area contributed by atoms with Crippen LogP contribution in [0.4, 0.5) is 0 Å². The maximum absolute atomic E-state index is 10.8. The van der Waals surface area contributed by atoms with E-state index in [0.717, 1.165) is 12.8 Å². The molecule has 2 N–H and O–H groups in total. The van der Waals surface area contributed by atoms with E-state index in [1.165, 1.54) is 12.8 Å². The van der Waals surface area contributed by atoms with Crippen molar-refractivity contribution < 1.29 is 10.0 Å². The molecule has 3 heteroatoms. The molecule has 11 heavy (non-hydrogen) atoms. The molecule has 1 fully saturated rings. The zero-order valence-electron chi connectivity index (χ0n) is 6.89. The van der Waals surface area contributed by atoms with Gasteiger partial charge >= 0.3 is 0 Å². The molecule has 0 unspecified atom stereocenters. The fourth-order valence-electron chi connectivity index (χ4n) is 1.83. The van der Waals surface area contributed by atoms with Gasteiger partial charge in [0, 0.05) is 6.42 Å². The normalized spacial score (nSPS) is 21.6. The van der Waals surface area contributed by atoms with Gasteiger partial charge in [0.15, 0.2) is 0 Å². The Hall–Kier alpha value is -0.570. The summed E-state index contributed by atoms with van der Waals surface area (Å²) in [4.78, 5) is 10.8. The standard InChI is InChI=1S/C8H15NO2/c1-8(4-2-3-5-8)6-7(10)9-11/h11H,2-6H2,1H3,(H,9,10). The van der Waals surface area contributed by atoms with E-state index in [2.05, 4.69) is 6.92 Å². The van der Waals surface area contributed by atoms with Crippen LogP contribution in [-0.4, -0.2) is 11.1 Å². The predicted octanol–water partition coefficient (Wildman–Crippen LogP) is 1.46. The van der Waals surface area contributed by atoms with Crippen molar-refractivity contribution in [2.24, 2.45) is 5.41 Å². The molecule has 3 nitrogen and oxygen atoms in total. The molecular weight excluding hydrogens is 142 g/mol. The van der Waals surface area contributed by atoms with Crippen LogP contribution in [0.1, 0.15) is 39.0 Å². The number of carbonyl (C=O) groups is 1. The summed E-state index contributed by atoms with van der Waals surface area (Å²) in [5.74, 6) is -0.255. The van der Waals surface area contributed by atoms with Crippen LogP contribution in [-0.2, 0) is 4.79 Å². The first-order valence-electron chi connectivity index (χ1n) is 4.09. The summed E-state index contributed by atoms with van der Waals surface area (Å²) >= 11 is 0. The first kappa shape index (κ1) is 8.53. The second-order valence-corrected chi connectivity index (χ2v) is 3.73. The van der Waals surface area contributed by atoms with E-state index < -0.39 is 0 Å². The zero-order valence-corrected chi connectivity index (χ0v) is 6.89. The maximum atomic E-state index is 10.8. The molecule has 1 saturated carbocycles. The number of hydrogen-bond donors (Lipinski definition) is 2. The Balaban J connectivity index is 2.39. The molecule has 0 aromatic rings. The molecule has 0 atom stereocenters. The largest absolute Gasteiger partial charge is 0.289 e. The average molecular weight is 157 g/mol. The Morgan fingerprint density at radius 3 is 2.55 bits per heavy atom. The van der Waals surface area contributed by atoms with Crippen molar-refractivity contribution >= 4 is 5.91 Å². The van der Waals surface area contributed by atoms with Crippen LogP contribution in [0.2, 0.25) is 0 Å². The fraction of sp³-hybridized carbons (Fsp3) is 0.875. The smallest absolute Gasteiger partial charge is 0.243 e. The Bertz CT molecular complexity index is 150. The average Bonchev–Trinajstić information content (AvgIpc) is 2.36. The van der Waals surface area contributed by atoms with Crippen LogP contribution >= 0.6 is 0 Å². The zero-order chi connectivity index (χ0) is 8.32. The van der Waals surface area contributed by atoms with E-state index in [1.54, 1.807) is 5.48 Å². The monoisotopic (exact) mass is 157 g/mol. The Kier molecular flexibility index (Phi) is 2.49. The summed E-state index contributed by atoms with van der Waals surface area (Å²) < 4.78 is 0. The molecule has 1 aliphatic carbocycles. The first-order chi connectivity index (χ1) is 5.16. The number of amides is 1. The van der Waals surface area contributed by atoms with Gasteiger partial charge in [0.2, 0.25) is 5.91 Å². The van der Waals surface area contributed by atoms with E-state index in [-0.39, 0.29) is 11.3 Å². The summed E-state index contributed by atoms with van der Waals surface area (Å²) in [5, 5.41) is 8.31. The van der Waals surface area contributed by atoms with Crippen LogP contribution in [0.3, 0.4) is 0 Å². The van der Waals surface area contributed by atoms with Crippen LogP contribution in [0.25, 0.3) is 0 Å². The second kappa shape index (κ2) is 3.22. The van der Waals surface area contributed by atoms with Crippen molar-refractivity contribution in [3.8, 4) is 0 Å². The molecule has 0 aromatic carbocycles. The van der Waals surface area contributed by atoms with E-state index in [9.17, 15) is 4.79 Å². The lowest BCUT2D eigenvalue weighted by Gasteiger charge is -2.21. The van der Waals surface area contributed by atoms with Gasteiger partial charge in [-0.05, 0) is 18.3 Å². The molecular formula is C8H15NO2. The van der Waals surface area contributed by atoms with E-state index in [0.29, 0.717) is 6.42 Å². The number of hydroxylamine groups is 1. The molecule has 0 radical (unpaired) electrons. The highest BCUT2D eigenvalue weighted by atomic mass is 16.5. The number of nitrogens with one attached hydrogen (secondary N) is 1. The van der Waals surface area contributed by atoms with Crippen LogP contribution in [0, 0.1) is 5.41 Å².